The Bertz CT molecular complexity index is 590. The minimum absolute atomic E-state index is 0.0348. The fourth-order valence-electron chi connectivity index (χ4n) is 1.96. The molecule has 0 saturated heterocycles. The molecule has 0 bridgehead atoms. The van der Waals surface area contributed by atoms with E-state index in [0.717, 1.165) is 5.56 Å². The summed E-state index contributed by atoms with van der Waals surface area (Å²) in [6.07, 6.45) is 1.82. The predicted octanol–water partition coefficient (Wildman–Crippen LogP) is 2.92. The van der Waals surface area contributed by atoms with Gasteiger partial charge in [-0.05, 0) is 12.5 Å². The van der Waals surface area contributed by atoms with E-state index in [9.17, 15) is 4.79 Å². The standard InChI is InChI=1S/C15H17ClN2O2/c1-11-3-5-12(6-4-11)9-14(19)15-13(16)10-17-18(15)7-8-20-2/h3-6,10H,7-9H2,1-2H3. The fraction of sp³-hybridized carbons (Fsp3) is 0.333. The van der Waals surface area contributed by atoms with Gasteiger partial charge in [-0.2, -0.15) is 5.10 Å². The summed E-state index contributed by atoms with van der Waals surface area (Å²) < 4.78 is 6.61. The van der Waals surface area contributed by atoms with E-state index in [1.807, 2.05) is 31.2 Å². The van der Waals surface area contributed by atoms with E-state index < -0.39 is 0 Å². The second-order valence-corrected chi connectivity index (χ2v) is 5.05. The Morgan fingerprint density at radius 3 is 2.70 bits per heavy atom. The maximum absolute atomic E-state index is 12.4. The smallest absolute Gasteiger partial charge is 0.186 e. The maximum Gasteiger partial charge on any atom is 0.186 e. The van der Waals surface area contributed by atoms with Crippen molar-refractivity contribution in [3.63, 3.8) is 0 Å². The summed E-state index contributed by atoms with van der Waals surface area (Å²) in [5.74, 6) is -0.0348. The van der Waals surface area contributed by atoms with E-state index in [2.05, 4.69) is 5.10 Å². The summed E-state index contributed by atoms with van der Waals surface area (Å²) in [6, 6.07) is 7.90. The van der Waals surface area contributed by atoms with E-state index in [1.165, 1.54) is 11.8 Å². The predicted molar refractivity (Wildman–Crippen MR) is 78.3 cm³/mol. The van der Waals surface area contributed by atoms with Crippen molar-refractivity contribution >= 4 is 17.4 Å². The van der Waals surface area contributed by atoms with Gasteiger partial charge in [-0.15, -0.1) is 0 Å². The molecule has 5 heteroatoms. The largest absolute Gasteiger partial charge is 0.383 e. The fourth-order valence-corrected chi connectivity index (χ4v) is 2.21. The van der Waals surface area contributed by atoms with Crippen molar-refractivity contribution in [2.45, 2.75) is 19.9 Å². The molecule has 0 saturated carbocycles. The monoisotopic (exact) mass is 292 g/mol. The number of nitrogens with zero attached hydrogens (tertiary/aromatic N) is 2. The van der Waals surface area contributed by atoms with Crippen molar-refractivity contribution in [1.82, 2.24) is 9.78 Å². The van der Waals surface area contributed by atoms with E-state index >= 15 is 0 Å². The van der Waals surface area contributed by atoms with Crippen LogP contribution in [0, 0.1) is 6.92 Å². The summed E-state index contributed by atoms with van der Waals surface area (Å²) >= 11 is 6.07. The first kappa shape index (κ1) is 14.8. The van der Waals surface area contributed by atoms with Crippen LogP contribution in [0.5, 0.6) is 0 Å². The van der Waals surface area contributed by atoms with Gasteiger partial charge < -0.3 is 4.74 Å². The molecule has 1 heterocycles. The van der Waals surface area contributed by atoms with Crippen molar-refractivity contribution in [1.29, 1.82) is 0 Å². The van der Waals surface area contributed by atoms with Gasteiger partial charge in [-0.1, -0.05) is 41.4 Å². The number of hydrogen-bond acceptors (Lipinski definition) is 3. The molecule has 20 heavy (non-hydrogen) atoms. The number of carbonyl (C=O) groups is 1. The molecule has 1 aromatic heterocycles. The van der Waals surface area contributed by atoms with Crippen LogP contribution in [-0.2, 0) is 17.7 Å². The summed E-state index contributed by atoms with van der Waals surface area (Å²) in [6.45, 7) is 3.02. The topological polar surface area (TPSA) is 44.1 Å². The minimum atomic E-state index is -0.0348. The number of carbonyl (C=O) groups excluding carboxylic acids is 1. The average Bonchev–Trinajstić information content (AvgIpc) is 2.80. The molecular formula is C15H17ClN2O2. The van der Waals surface area contributed by atoms with Gasteiger partial charge in [0.05, 0.1) is 24.4 Å². The summed E-state index contributed by atoms with van der Waals surface area (Å²) in [5, 5.41) is 4.50. The molecule has 0 N–H and O–H groups in total. The Morgan fingerprint density at radius 2 is 2.05 bits per heavy atom. The van der Waals surface area contributed by atoms with Crippen molar-refractivity contribution < 1.29 is 9.53 Å². The first-order valence-electron chi connectivity index (χ1n) is 6.41. The zero-order chi connectivity index (χ0) is 14.5. The second kappa shape index (κ2) is 6.68. The third-order valence-electron chi connectivity index (χ3n) is 3.05. The lowest BCUT2D eigenvalue weighted by molar-refractivity contribution is 0.0979. The Hall–Kier alpha value is -1.65. The third-order valence-corrected chi connectivity index (χ3v) is 3.33. The van der Waals surface area contributed by atoms with Crippen LogP contribution >= 0.6 is 11.6 Å². The molecule has 4 nitrogen and oxygen atoms in total. The van der Waals surface area contributed by atoms with E-state index in [0.29, 0.717) is 30.3 Å². The lowest BCUT2D eigenvalue weighted by atomic mass is 10.1. The molecule has 106 valence electrons. The SMILES string of the molecule is COCCn1ncc(Cl)c1C(=O)Cc1ccc(C)cc1. The van der Waals surface area contributed by atoms with E-state index in [4.69, 9.17) is 16.3 Å². The number of methoxy groups -OCH3 is 1. The van der Waals surface area contributed by atoms with Gasteiger partial charge in [0, 0.05) is 13.5 Å². The van der Waals surface area contributed by atoms with E-state index in [-0.39, 0.29) is 5.78 Å². The molecule has 0 aliphatic heterocycles. The number of halogens is 1. The molecule has 0 amide bonds. The molecule has 0 atom stereocenters. The zero-order valence-corrected chi connectivity index (χ0v) is 12.4. The molecule has 0 spiro atoms. The van der Waals surface area contributed by atoms with Crippen LogP contribution < -0.4 is 0 Å². The van der Waals surface area contributed by atoms with Crippen LogP contribution in [0.15, 0.2) is 30.5 Å². The van der Waals surface area contributed by atoms with Crippen LogP contribution in [-0.4, -0.2) is 29.3 Å². The van der Waals surface area contributed by atoms with E-state index in [1.54, 1.807) is 11.8 Å². The Morgan fingerprint density at radius 1 is 1.35 bits per heavy atom. The molecule has 2 rings (SSSR count). The molecule has 0 fully saturated rings. The number of rotatable bonds is 6. The highest BCUT2D eigenvalue weighted by Crippen LogP contribution is 2.18. The summed E-state index contributed by atoms with van der Waals surface area (Å²) in [5.41, 5.74) is 2.59. The Labute approximate surface area is 123 Å². The molecule has 0 radical (unpaired) electrons. The van der Waals surface area contributed by atoms with Crippen LogP contribution in [0.3, 0.4) is 0 Å². The number of ketones is 1. The number of hydrogen-bond donors (Lipinski definition) is 0. The molecule has 0 aliphatic rings. The normalized spacial score (nSPS) is 10.8. The molecule has 0 unspecified atom stereocenters. The molecule has 0 aliphatic carbocycles. The first-order chi connectivity index (χ1) is 9.61. The number of ether oxygens (including phenoxy) is 1. The maximum atomic E-state index is 12.4. The van der Waals surface area contributed by atoms with Gasteiger partial charge in [0.2, 0.25) is 0 Å². The van der Waals surface area contributed by atoms with Gasteiger partial charge in [-0.25, -0.2) is 0 Å². The average molecular weight is 293 g/mol. The molecule has 1 aromatic carbocycles. The van der Waals surface area contributed by atoms with Gasteiger partial charge >= 0.3 is 0 Å². The van der Waals surface area contributed by atoms with Crippen LogP contribution in [0.1, 0.15) is 21.6 Å². The Kier molecular flexibility index (Phi) is 4.93. The number of aryl methyl sites for hydroxylation is 1. The Balaban J connectivity index is 2.16. The summed E-state index contributed by atoms with van der Waals surface area (Å²) in [7, 11) is 1.61. The van der Waals surface area contributed by atoms with Crippen molar-refractivity contribution in [2.75, 3.05) is 13.7 Å². The van der Waals surface area contributed by atoms with Crippen molar-refractivity contribution in [3.8, 4) is 0 Å². The lowest BCUT2D eigenvalue weighted by Crippen LogP contribution is -2.15. The van der Waals surface area contributed by atoms with Crippen molar-refractivity contribution in [2.24, 2.45) is 0 Å². The van der Waals surface area contributed by atoms with Crippen molar-refractivity contribution in [3.05, 3.63) is 52.3 Å². The van der Waals surface area contributed by atoms with Crippen LogP contribution in [0.2, 0.25) is 5.02 Å². The molecular weight excluding hydrogens is 276 g/mol. The van der Waals surface area contributed by atoms with Gasteiger partial charge in [-0.3, -0.25) is 9.48 Å². The highest BCUT2D eigenvalue weighted by Gasteiger charge is 2.17. The van der Waals surface area contributed by atoms with Crippen LogP contribution in [0.25, 0.3) is 0 Å². The van der Waals surface area contributed by atoms with Crippen LogP contribution in [0.4, 0.5) is 0 Å². The highest BCUT2D eigenvalue weighted by molar-refractivity contribution is 6.33. The lowest BCUT2D eigenvalue weighted by Gasteiger charge is -2.07. The highest BCUT2D eigenvalue weighted by atomic mass is 35.5. The van der Waals surface area contributed by atoms with Gasteiger partial charge in [0.1, 0.15) is 5.69 Å². The minimum Gasteiger partial charge on any atom is -0.383 e. The quantitative estimate of drug-likeness (QED) is 0.769. The second-order valence-electron chi connectivity index (χ2n) is 4.64. The molecule has 2 aromatic rings. The number of benzene rings is 1. The number of aromatic nitrogens is 2. The summed E-state index contributed by atoms with van der Waals surface area (Å²) in [4.78, 5) is 12.4. The third kappa shape index (κ3) is 3.46. The first-order valence-corrected chi connectivity index (χ1v) is 6.78. The van der Waals surface area contributed by atoms with Gasteiger partial charge in [0.25, 0.3) is 0 Å². The zero-order valence-electron chi connectivity index (χ0n) is 11.6. The number of Topliss-reactive ketones (excluding diaryl/α,β-unsaturated/α-hetero) is 1. The van der Waals surface area contributed by atoms with Gasteiger partial charge in [0.15, 0.2) is 5.78 Å².